The third kappa shape index (κ3) is 6.38. The highest BCUT2D eigenvalue weighted by atomic mass is 16.5. The molecule has 1 aromatic carbocycles. The quantitative estimate of drug-likeness (QED) is 0.356. The second-order valence-electron chi connectivity index (χ2n) is 9.85. The van der Waals surface area contributed by atoms with Gasteiger partial charge in [-0.3, -0.25) is 14.5 Å². The number of imide groups is 1. The van der Waals surface area contributed by atoms with E-state index in [2.05, 4.69) is 25.7 Å². The molecule has 2 aliphatic rings. The average Bonchev–Trinajstić information content (AvgIpc) is 3.00. The minimum Gasteiger partial charge on any atom is -0.491 e. The van der Waals surface area contributed by atoms with Crippen molar-refractivity contribution in [3.8, 4) is 5.75 Å². The van der Waals surface area contributed by atoms with E-state index < -0.39 is 0 Å². The first-order chi connectivity index (χ1) is 15.8. The summed E-state index contributed by atoms with van der Waals surface area (Å²) in [6.07, 6.45) is 3.98. The van der Waals surface area contributed by atoms with Crippen LogP contribution in [0.4, 0.5) is 0 Å². The van der Waals surface area contributed by atoms with Crippen molar-refractivity contribution in [2.24, 2.45) is 11.8 Å². The van der Waals surface area contributed by atoms with Crippen LogP contribution in [0.1, 0.15) is 65.9 Å². The van der Waals surface area contributed by atoms with Crippen molar-refractivity contribution in [1.82, 2.24) is 9.80 Å². The summed E-state index contributed by atoms with van der Waals surface area (Å²) in [6.45, 7) is 13.8. The van der Waals surface area contributed by atoms with Crippen LogP contribution in [0.5, 0.6) is 5.75 Å². The maximum atomic E-state index is 13.5. The molecule has 6 nitrogen and oxygen atoms in total. The van der Waals surface area contributed by atoms with Crippen LogP contribution in [0.25, 0.3) is 5.57 Å². The first-order valence-corrected chi connectivity index (χ1v) is 12.5. The van der Waals surface area contributed by atoms with Crippen molar-refractivity contribution in [1.29, 1.82) is 0 Å². The first-order valence-electron chi connectivity index (χ1n) is 12.5. The molecule has 1 aromatic rings. The topological polar surface area (TPSA) is 59.1 Å². The van der Waals surface area contributed by atoms with Crippen molar-refractivity contribution < 1.29 is 19.1 Å². The molecular weight excluding hydrogens is 416 g/mol. The zero-order chi connectivity index (χ0) is 24.0. The number of ether oxygens (including phenoxy) is 2. The molecule has 2 heterocycles. The van der Waals surface area contributed by atoms with Gasteiger partial charge in [0.05, 0.1) is 11.7 Å². The zero-order valence-corrected chi connectivity index (χ0v) is 20.9. The van der Waals surface area contributed by atoms with E-state index in [9.17, 15) is 9.59 Å². The molecule has 1 fully saturated rings. The predicted molar refractivity (Wildman–Crippen MR) is 131 cm³/mol. The fraction of sp³-hybridized carbons (Fsp3) is 0.630. The van der Waals surface area contributed by atoms with Gasteiger partial charge < -0.3 is 14.4 Å². The van der Waals surface area contributed by atoms with Gasteiger partial charge in [0.1, 0.15) is 11.4 Å². The van der Waals surface area contributed by atoms with Crippen LogP contribution in [0.15, 0.2) is 30.0 Å². The van der Waals surface area contributed by atoms with Crippen LogP contribution in [0.2, 0.25) is 0 Å². The van der Waals surface area contributed by atoms with E-state index in [1.807, 2.05) is 38.1 Å². The molecule has 0 spiro atoms. The lowest BCUT2D eigenvalue weighted by atomic mass is 9.91. The van der Waals surface area contributed by atoms with Crippen LogP contribution in [-0.4, -0.2) is 60.6 Å². The fourth-order valence-electron chi connectivity index (χ4n) is 4.81. The Bertz CT molecular complexity index is 836. The van der Waals surface area contributed by atoms with E-state index >= 15 is 0 Å². The number of carbonyl (C=O) groups is 2. The molecule has 3 rings (SSSR count). The van der Waals surface area contributed by atoms with E-state index in [1.165, 1.54) is 4.90 Å². The van der Waals surface area contributed by atoms with Crippen molar-refractivity contribution >= 4 is 17.4 Å². The minimum absolute atomic E-state index is 0.0756. The molecule has 2 amide bonds. The Labute approximate surface area is 198 Å². The summed E-state index contributed by atoms with van der Waals surface area (Å²) in [5.41, 5.74) is 1.85. The van der Waals surface area contributed by atoms with Gasteiger partial charge in [-0.1, -0.05) is 39.3 Å². The summed E-state index contributed by atoms with van der Waals surface area (Å²) in [5, 5.41) is 0. The Morgan fingerprint density at radius 1 is 0.970 bits per heavy atom. The molecule has 0 N–H and O–H groups in total. The molecule has 0 radical (unpaired) electrons. The summed E-state index contributed by atoms with van der Waals surface area (Å²) in [6, 6.07) is 7.55. The average molecular weight is 457 g/mol. The molecule has 0 bridgehead atoms. The lowest BCUT2D eigenvalue weighted by molar-refractivity contribution is -0.137. The maximum Gasteiger partial charge on any atom is 0.277 e. The maximum absolute atomic E-state index is 13.5. The monoisotopic (exact) mass is 456 g/mol. The number of benzene rings is 1. The molecule has 0 aromatic heterocycles. The number of nitrogens with zero attached hydrogens (tertiary/aromatic N) is 2. The van der Waals surface area contributed by atoms with E-state index in [0.717, 1.165) is 50.3 Å². The van der Waals surface area contributed by atoms with Gasteiger partial charge in [-0.05, 0) is 62.6 Å². The van der Waals surface area contributed by atoms with Gasteiger partial charge >= 0.3 is 0 Å². The van der Waals surface area contributed by atoms with E-state index in [-0.39, 0.29) is 17.9 Å². The van der Waals surface area contributed by atoms with Crippen LogP contribution in [0, 0.1) is 11.8 Å². The van der Waals surface area contributed by atoms with Gasteiger partial charge in [0, 0.05) is 32.8 Å². The van der Waals surface area contributed by atoms with Gasteiger partial charge in [-0.15, -0.1) is 0 Å². The highest BCUT2D eigenvalue weighted by Gasteiger charge is 2.42. The Kier molecular flexibility index (Phi) is 8.95. The second kappa shape index (κ2) is 11.7. The van der Waals surface area contributed by atoms with Crippen molar-refractivity contribution in [3.05, 3.63) is 35.5 Å². The van der Waals surface area contributed by atoms with Crippen molar-refractivity contribution in [3.63, 3.8) is 0 Å². The Morgan fingerprint density at radius 3 is 2.21 bits per heavy atom. The van der Waals surface area contributed by atoms with Crippen LogP contribution >= 0.6 is 0 Å². The molecular formula is C27H40N2O4. The summed E-state index contributed by atoms with van der Waals surface area (Å²) < 4.78 is 11.4. The van der Waals surface area contributed by atoms with Crippen LogP contribution < -0.4 is 4.74 Å². The second-order valence-corrected chi connectivity index (χ2v) is 9.85. The molecule has 1 saturated heterocycles. The molecule has 6 heteroatoms. The van der Waals surface area contributed by atoms with E-state index in [1.54, 1.807) is 0 Å². The van der Waals surface area contributed by atoms with Gasteiger partial charge in [0.15, 0.2) is 0 Å². The van der Waals surface area contributed by atoms with Gasteiger partial charge in [0.2, 0.25) is 0 Å². The molecule has 2 aliphatic heterocycles. The predicted octanol–water partition coefficient (Wildman–Crippen LogP) is 4.74. The normalized spacial score (nSPS) is 21.5. The Balaban J connectivity index is 1.84. The lowest BCUT2D eigenvalue weighted by Gasteiger charge is -2.37. The number of amides is 2. The number of piperidine rings is 1. The summed E-state index contributed by atoms with van der Waals surface area (Å²) >= 11 is 0. The summed E-state index contributed by atoms with van der Waals surface area (Å²) in [7, 11) is 0. The standard InChI is InChI=1S/C27H40N2O4/c1-6-7-14-32-15-8-13-29-26(30)24(22-9-11-23(12-10-22)33-19(2)3)25(27(29)31)28-17-20(4)16-21(5)18-28/h9-12,19-21H,6-8,13-18H2,1-5H3. The smallest absolute Gasteiger partial charge is 0.277 e. The molecule has 182 valence electrons. The Hall–Kier alpha value is -2.34. The summed E-state index contributed by atoms with van der Waals surface area (Å²) in [5.74, 6) is 1.34. The minimum atomic E-state index is -0.202. The van der Waals surface area contributed by atoms with Crippen molar-refractivity contribution in [2.45, 2.75) is 66.4 Å². The number of rotatable bonds is 11. The molecule has 33 heavy (non-hydrogen) atoms. The van der Waals surface area contributed by atoms with Crippen molar-refractivity contribution in [2.75, 3.05) is 32.8 Å². The highest BCUT2D eigenvalue weighted by Crippen LogP contribution is 2.35. The summed E-state index contributed by atoms with van der Waals surface area (Å²) in [4.78, 5) is 30.6. The lowest BCUT2D eigenvalue weighted by Crippen LogP contribution is -2.42. The molecule has 0 aliphatic carbocycles. The highest BCUT2D eigenvalue weighted by molar-refractivity contribution is 6.35. The number of unbranched alkanes of at least 4 members (excludes halogenated alkanes) is 1. The first kappa shape index (κ1) is 25.3. The molecule has 2 unspecified atom stereocenters. The van der Waals surface area contributed by atoms with Gasteiger partial charge in [0.25, 0.3) is 11.8 Å². The van der Waals surface area contributed by atoms with Crippen LogP contribution in [-0.2, 0) is 14.3 Å². The van der Waals surface area contributed by atoms with Crippen LogP contribution in [0.3, 0.4) is 0 Å². The largest absolute Gasteiger partial charge is 0.491 e. The third-order valence-electron chi connectivity index (χ3n) is 6.16. The Morgan fingerprint density at radius 2 is 1.61 bits per heavy atom. The van der Waals surface area contributed by atoms with Gasteiger partial charge in [-0.25, -0.2) is 0 Å². The zero-order valence-electron chi connectivity index (χ0n) is 20.9. The number of likely N-dealkylation sites (tertiary alicyclic amines) is 1. The SMILES string of the molecule is CCCCOCCCN1C(=O)C(c2ccc(OC(C)C)cc2)=C(N2CC(C)CC(C)C2)C1=O. The number of hydrogen-bond acceptors (Lipinski definition) is 5. The van der Waals surface area contributed by atoms with Gasteiger partial charge in [-0.2, -0.15) is 0 Å². The molecule has 2 atom stereocenters. The molecule has 0 saturated carbocycles. The number of carbonyl (C=O) groups excluding carboxylic acids is 2. The fourth-order valence-corrected chi connectivity index (χ4v) is 4.81. The number of hydrogen-bond donors (Lipinski definition) is 0. The third-order valence-corrected chi connectivity index (χ3v) is 6.16. The van der Waals surface area contributed by atoms with E-state index in [0.29, 0.717) is 42.7 Å². The van der Waals surface area contributed by atoms with E-state index in [4.69, 9.17) is 9.47 Å².